The molecule has 1 atom stereocenters. The third-order valence-corrected chi connectivity index (χ3v) is 4.85. The number of benzene rings is 1. The minimum atomic E-state index is 0.485. The summed E-state index contributed by atoms with van der Waals surface area (Å²) in [6.07, 6.45) is 1.08. The summed E-state index contributed by atoms with van der Waals surface area (Å²) in [5.41, 5.74) is 7.86. The molecule has 1 unspecified atom stereocenters. The Kier molecular flexibility index (Phi) is 5.61. The van der Waals surface area contributed by atoms with Crippen LogP contribution in [-0.2, 0) is 19.5 Å². The van der Waals surface area contributed by atoms with E-state index in [9.17, 15) is 0 Å². The standard InChI is InChI=1S/C16H21ClN2S/c1-12(8-15-4-3-7-20-15)19(2)11-14-6-5-13(10-18)9-16(14)17/h3-7,9,12H,8,10-11,18H2,1-2H3. The van der Waals surface area contributed by atoms with Crippen LogP contribution in [0.1, 0.15) is 22.9 Å². The molecule has 1 aromatic heterocycles. The lowest BCUT2D eigenvalue weighted by Crippen LogP contribution is -2.30. The first kappa shape index (κ1) is 15.5. The summed E-state index contributed by atoms with van der Waals surface area (Å²) in [4.78, 5) is 3.76. The molecule has 0 saturated heterocycles. The summed E-state index contributed by atoms with van der Waals surface area (Å²) in [7, 11) is 2.14. The number of thiophene rings is 1. The van der Waals surface area contributed by atoms with E-state index in [1.807, 2.05) is 17.4 Å². The second-order valence-corrected chi connectivity index (χ2v) is 6.62. The van der Waals surface area contributed by atoms with Crippen molar-refractivity contribution in [2.75, 3.05) is 7.05 Å². The Labute approximate surface area is 130 Å². The third kappa shape index (κ3) is 4.06. The minimum Gasteiger partial charge on any atom is -0.326 e. The van der Waals surface area contributed by atoms with E-state index in [1.54, 1.807) is 0 Å². The van der Waals surface area contributed by atoms with Crippen LogP contribution < -0.4 is 5.73 Å². The second kappa shape index (κ2) is 7.23. The van der Waals surface area contributed by atoms with Crippen molar-refractivity contribution < 1.29 is 0 Å². The van der Waals surface area contributed by atoms with E-state index in [4.69, 9.17) is 17.3 Å². The Bertz CT molecular complexity index is 539. The van der Waals surface area contributed by atoms with Crippen molar-refractivity contribution in [3.05, 3.63) is 56.7 Å². The fraction of sp³-hybridized carbons (Fsp3) is 0.375. The van der Waals surface area contributed by atoms with Gasteiger partial charge in [0.2, 0.25) is 0 Å². The molecular formula is C16H21ClN2S. The van der Waals surface area contributed by atoms with Crippen LogP contribution in [0.4, 0.5) is 0 Å². The molecule has 108 valence electrons. The zero-order chi connectivity index (χ0) is 14.5. The molecule has 1 aromatic carbocycles. The van der Waals surface area contributed by atoms with Gasteiger partial charge >= 0.3 is 0 Å². The maximum atomic E-state index is 6.32. The monoisotopic (exact) mass is 308 g/mol. The number of hydrogen-bond acceptors (Lipinski definition) is 3. The molecule has 4 heteroatoms. The van der Waals surface area contributed by atoms with Crippen molar-refractivity contribution >= 4 is 22.9 Å². The highest BCUT2D eigenvalue weighted by molar-refractivity contribution is 7.09. The molecule has 0 aliphatic rings. The average molecular weight is 309 g/mol. The van der Waals surface area contributed by atoms with Gasteiger partial charge in [0, 0.05) is 29.0 Å². The predicted molar refractivity (Wildman–Crippen MR) is 88.3 cm³/mol. The van der Waals surface area contributed by atoms with Crippen LogP contribution in [-0.4, -0.2) is 18.0 Å². The number of likely N-dealkylation sites (N-methyl/N-ethyl adjacent to an activating group) is 1. The van der Waals surface area contributed by atoms with Crippen molar-refractivity contribution in [3.63, 3.8) is 0 Å². The maximum absolute atomic E-state index is 6.32. The molecule has 20 heavy (non-hydrogen) atoms. The molecule has 2 N–H and O–H groups in total. The van der Waals surface area contributed by atoms with Crippen LogP contribution in [0.5, 0.6) is 0 Å². The molecule has 2 rings (SSSR count). The van der Waals surface area contributed by atoms with Crippen molar-refractivity contribution in [2.45, 2.75) is 32.5 Å². The summed E-state index contributed by atoms with van der Waals surface area (Å²) < 4.78 is 0. The van der Waals surface area contributed by atoms with Crippen molar-refractivity contribution in [1.29, 1.82) is 0 Å². The van der Waals surface area contributed by atoms with Crippen molar-refractivity contribution in [2.24, 2.45) is 5.73 Å². The molecule has 2 aromatic rings. The molecule has 2 nitrogen and oxygen atoms in total. The predicted octanol–water partition coefficient (Wildman–Crippen LogP) is 3.92. The summed E-state index contributed by atoms with van der Waals surface area (Å²) in [5.74, 6) is 0. The van der Waals surface area contributed by atoms with Gasteiger partial charge in [-0.15, -0.1) is 11.3 Å². The molecule has 0 aliphatic heterocycles. The zero-order valence-corrected chi connectivity index (χ0v) is 13.5. The molecule has 0 aliphatic carbocycles. The van der Waals surface area contributed by atoms with Crippen LogP contribution in [0.3, 0.4) is 0 Å². The van der Waals surface area contributed by atoms with Gasteiger partial charge in [-0.2, -0.15) is 0 Å². The zero-order valence-electron chi connectivity index (χ0n) is 12.0. The van der Waals surface area contributed by atoms with E-state index < -0.39 is 0 Å². The van der Waals surface area contributed by atoms with Crippen LogP contribution in [0.25, 0.3) is 0 Å². The fourth-order valence-corrected chi connectivity index (χ4v) is 3.24. The first-order chi connectivity index (χ1) is 9.60. The van der Waals surface area contributed by atoms with Crippen LogP contribution in [0.15, 0.2) is 35.7 Å². The molecule has 0 radical (unpaired) electrons. The molecule has 1 heterocycles. The van der Waals surface area contributed by atoms with E-state index in [1.165, 1.54) is 4.88 Å². The first-order valence-corrected chi connectivity index (χ1v) is 8.06. The largest absolute Gasteiger partial charge is 0.326 e. The van der Waals surface area contributed by atoms with Gasteiger partial charge in [0.15, 0.2) is 0 Å². The quantitative estimate of drug-likeness (QED) is 0.876. The molecule has 0 bridgehead atoms. The van der Waals surface area contributed by atoms with Crippen LogP contribution in [0.2, 0.25) is 5.02 Å². The molecule has 0 fully saturated rings. The van der Waals surface area contributed by atoms with Crippen LogP contribution >= 0.6 is 22.9 Å². The summed E-state index contributed by atoms with van der Waals surface area (Å²) >= 11 is 8.14. The maximum Gasteiger partial charge on any atom is 0.0454 e. The van der Waals surface area contributed by atoms with E-state index in [-0.39, 0.29) is 0 Å². The van der Waals surface area contributed by atoms with Gasteiger partial charge in [0.05, 0.1) is 0 Å². The Hall–Kier alpha value is -0.870. The Balaban J connectivity index is 1.98. The summed E-state index contributed by atoms with van der Waals surface area (Å²) in [6, 6.07) is 10.9. The first-order valence-electron chi connectivity index (χ1n) is 6.80. The topological polar surface area (TPSA) is 29.3 Å². The van der Waals surface area contributed by atoms with Gasteiger partial charge in [-0.3, -0.25) is 4.90 Å². The highest BCUT2D eigenvalue weighted by Gasteiger charge is 2.12. The minimum absolute atomic E-state index is 0.485. The van der Waals surface area contributed by atoms with Crippen molar-refractivity contribution in [3.8, 4) is 0 Å². The lowest BCUT2D eigenvalue weighted by Gasteiger charge is -2.25. The Morgan fingerprint density at radius 2 is 2.15 bits per heavy atom. The van der Waals surface area contributed by atoms with Gasteiger partial charge in [0.25, 0.3) is 0 Å². The summed E-state index contributed by atoms with van der Waals surface area (Å²) in [5, 5.41) is 2.94. The molecule has 0 saturated carbocycles. The highest BCUT2D eigenvalue weighted by atomic mass is 35.5. The SMILES string of the molecule is CC(Cc1cccs1)N(C)Cc1ccc(CN)cc1Cl. The second-order valence-electron chi connectivity index (χ2n) is 5.18. The smallest absolute Gasteiger partial charge is 0.0454 e. The van der Waals surface area contributed by atoms with E-state index in [0.29, 0.717) is 12.6 Å². The van der Waals surface area contributed by atoms with Gasteiger partial charge in [-0.1, -0.05) is 29.8 Å². The van der Waals surface area contributed by atoms with Crippen LogP contribution in [0, 0.1) is 0 Å². The lowest BCUT2D eigenvalue weighted by atomic mass is 10.1. The highest BCUT2D eigenvalue weighted by Crippen LogP contribution is 2.21. The van der Waals surface area contributed by atoms with Crippen molar-refractivity contribution in [1.82, 2.24) is 4.90 Å². The van der Waals surface area contributed by atoms with Gasteiger partial charge < -0.3 is 5.73 Å². The fourth-order valence-electron chi connectivity index (χ4n) is 2.15. The molecule has 0 amide bonds. The third-order valence-electron chi connectivity index (χ3n) is 3.60. The molecular weight excluding hydrogens is 288 g/mol. The Morgan fingerprint density at radius 3 is 2.75 bits per heavy atom. The Morgan fingerprint density at radius 1 is 1.35 bits per heavy atom. The number of rotatable bonds is 6. The van der Waals surface area contributed by atoms with E-state index in [0.717, 1.165) is 29.1 Å². The van der Waals surface area contributed by atoms with Gasteiger partial charge in [-0.25, -0.2) is 0 Å². The normalized spacial score (nSPS) is 12.8. The summed E-state index contributed by atoms with van der Waals surface area (Å²) in [6.45, 7) is 3.64. The number of hydrogen-bond donors (Lipinski definition) is 1. The number of halogens is 1. The van der Waals surface area contributed by atoms with E-state index in [2.05, 4.69) is 48.5 Å². The number of nitrogens with zero attached hydrogens (tertiary/aromatic N) is 1. The van der Waals surface area contributed by atoms with Gasteiger partial charge in [-0.05, 0) is 49.0 Å². The average Bonchev–Trinajstić information content (AvgIpc) is 2.93. The molecule has 0 spiro atoms. The number of nitrogens with two attached hydrogens (primary N) is 1. The lowest BCUT2D eigenvalue weighted by molar-refractivity contribution is 0.249. The van der Waals surface area contributed by atoms with E-state index >= 15 is 0 Å². The van der Waals surface area contributed by atoms with Gasteiger partial charge in [0.1, 0.15) is 0 Å².